The topological polar surface area (TPSA) is 46.3 Å². The van der Waals surface area contributed by atoms with Crippen molar-refractivity contribution in [1.29, 1.82) is 0 Å². The fourth-order valence-corrected chi connectivity index (χ4v) is 3.50. The summed E-state index contributed by atoms with van der Waals surface area (Å²) in [4.78, 5) is 13.8. The standard InChI is InChI=1S/C14H22Cl2N2OS/c1-14(2,8-17)9-18(3)12(19)6-4-5-10-7-11(15)20-13(10)16/h7H,4-6,8-9,17H2,1-3H3. The Bertz CT molecular complexity index is 460. The number of halogens is 2. The van der Waals surface area contributed by atoms with Crippen molar-refractivity contribution in [3.8, 4) is 0 Å². The SMILES string of the molecule is CN(CC(C)(C)CN)C(=O)CCCc1cc(Cl)sc1Cl. The zero-order valence-corrected chi connectivity index (χ0v) is 14.5. The Kier molecular flexibility index (Phi) is 6.79. The van der Waals surface area contributed by atoms with E-state index in [4.69, 9.17) is 28.9 Å². The largest absolute Gasteiger partial charge is 0.345 e. The third-order valence-electron chi connectivity index (χ3n) is 3.21. The van der Waals surface area contributed by atoms with Gasteiger partial charge < -0.3 is 10.6 Å². The minimum atomic E-state index is -0.0470. The second-order valence-corrected chi connectivity index (χ2v) is 8.11. The first-order valence-corrected chi connectivity index (χ1v) is 8.20. The highest BCUT2D eigenvalue weighted by molar-refractivity contribution is 7.20. The molecule has 2 N–H and O–H groups in total. The van der Waals surface area contributed by atoms with Gasteiger partial charge in [-0.1, -0.05) is 37.0 Å². The van der Waals surface area contributed by atoms with Gasteiger partial charge in [0.1, 0.15) is 0 Å². The Morgan fingerprint density at radius 2 is 2.10 bits per heavy atom. The molecule has 0 saturated heterocycles. The van der Waals surface area contributed by atoms with Crippen molar-refractivity contribution in [3.63, 3.8) is 0 Å². The van der Waals surface area contributed by atoms with Crippen LogP contribution >= 0.6 is 34.5 Å². The van der Waals surface area contributed by atoms with Gasteiger partial charge in [0.2, 0.25) is 5.91 Å². The molecule has 1 aromatic heterocycles. The zero-order chi connectivity index (χ0) is 15.3. The molecule has 0 spiro atoms. The molecule has 1 heterocycles. The summed E-state index contributed by atoms with van der Waals surface area (Å²) in [5.74, 6) is 0.143. The van der Waals surface area contributed by atoms with Crippen LogP contribution in [0.3, 0.4) is 0 Å². The van der Waals surface area contributed by atoms with Crippen LogP contribution in [0.15, 0.2) is 6.07 Å². The molecular formula is C14H22Cl2N2OS. The molecule has 0 bridgehead atoms. The highest BCUT2D eigenvalue weighted by atomic mass is 35.5. The zero-order valence-electron chi connectivity index (χ0n) is 12.2. The average Bonchev–Trinajstić information content (AvgIpc) is 2.67. The number of hydrogen-bond donors (Lipinski definition) is 1. The predicted octanol–water partition coefficient (Wildman–Crippen LogP) is 3.82. The van der Waals surface area contributed by atoms with Gasteiger partial charge in [0.15, 0.2) is 0 Å². The van der Waals surface area contributed by atoms with Gasteiger partial charge >= 0.3 is 0 Å². The number of hydrogen-bond acceptors (Lipinski definition) is 3. The molecule has 0 aliphatic heterocycles. The quantitative estimate of drug-likeness (QED) is 0.822. The van der Waals surface area contributed by atoms with Gasteiger partial charge in [-0.3, -0.25) is 4.79 Å². The van der Waals surface area contributed by atoms with Crippen LogP contribution in [0.2, 0.25) is 8.67 Å². The molecule has 0 aliphatic rings. The summed E-state index contributed by atoms with van der Waals surface area (Å²) in [5.41, 5.74) is 6.67. The average molecular weight is 337 g/mol. The number of nitrogens with two attached hydrogens (primary N) is 1. The molecule has 0 fully saturated rings. The van der Waals surface area contributed by atoms with Crippen LogP contribution in [0.4, 0.5) is 0 Å². The summed E-state index contributed by atoms with van der Waals surface area (Å²) in [5, 5.41) is 0. The van der Waals surface area contributed by atoms with E-state index in [1.165, 1.54) is 11.3 Å². The number of nitrogens with zero attached hydrogens (tertiary/aromatic N) is 1. The maximum absolute atomic E-state index is 12.0. The van der Waals surface area contributed by atoms with Crippen LogP contribution in [-0.2, 0) is 11.2 Å². The van der Waals surface area contributed by atoms with Gasteiger partial charge in [-0.25, -0.2) is 0 Å². The summed E-state index contributed by atoms with van der Waals surface area (Å²) in [6.07, 6.45) is 2.07. The molecule has 0 aromatic carbocycles. The highest BCUT2D eigenvalue weighted by Gasteiger charge is 2.20. The number of carbonyl (C=O) groups excluding carboxylic acids is 1. The Hall–Kier alpha value is -0.290. The molecule has 1 amide bonds. The van der Waals surface area contributed by atoms with E-state index in [2.05, 4.69) is 13.8 Å². The predicted molar refractivity (Wildman–Crippen MR) is 87.7 cm³/mol. The minimum Gasteiger partial charge on any atom is -0.345 e. The first kappa shape index (κ1) is 17.8. The molecule has 0 unspecified atom stereocenters. The molecule has 0 saturated carbocycles. The fraction of sp³-hybridized carbons (Fsp3) is 0.643. The molecule has 0 radical (unpaired) electrons. The third-order valence-corrected chi connectivity index (χ3v) is 4.78. The molecule has 0 aliphatic carbocycles. The van der Waals surface area contributed by atoms with Crippen molar-refractivity contribution in [1.82, 2.24) is 4.90 Å². The van der Waals surface area contributed by atoms with Crippen LogP contribution in [0.1, 0.15) is 32.3 Å². The van der Waals surface area contributed by atoms with Crippen LogP contribution < -0.4 is 5.73 Å². The maximum atomic E-state index is 12.0. The Morgan fingerprint density at radius 3 is 2.60 bits per heavy atom. The lowest BCUT2D eigenvalue weighted by atomic mass is 9.93. The number of thiophene rings is 1. The van der Waals surface area contributed by atoms with Gasteiger partial charge in [-0.05, 0) is 36.4 Å². The first-order valence-electron chi connectivity index (χ1n) is 6.63. The van der Waals surface area contributed by atoms with Gasteiger partial charge in [-0.2, -0.15) is 0 Å². The van der Waals surface area contributed by atoms with E-state index in [9.17, 15) is 4.79 Å². The van der Waals surface area contributed by atoms with Crippen molar-refractivity contribution in [2.45, 2.75) is 33.1 Å². The van der Waals surface area contributed by atoms with Crippen molar-refractivity contribution in [3.05, 3.63) is 20.3 Å². The molecule has 1 aromatic rings. The molecule has 114 valence electrons. The first-order chi connectivity index (χ1) is 9.25. The van der Waals surface area contributed by atoms with Crippen LogP contribution in [0.5, 0.6) is 0 Å². The van der Waals surface area contributed by atoms with Crippen LogP contribution in [-0.4, -0.2) is 30.9 Å². The third kappa shape index (κ3) is 5.60. The van der Waals surface area contributed by atoms with Crippen LogP contribution in [0, 0.1) is 5.41 Å². The van der Waals surface area contributed by atoms with Crippen molar-refractivity contribution in [2.75, 3.05) is 20.1 Å². The lowest BCUT2D eigenvalue weighted by molar-refractivity contribution is -0.131. The van der Waals surface area contributed by atoms with E-state index >= 15 is 0 Å². The van der Waals surface area contributed by atoms with Gasteiger partial charge in [-0.15, -0.1) is 11.3 Å². The second-order valence-electron chi connectivity index (χ2n) is 5.82. The van der Waals surface area contributed by atoms with E-state index in [-0.39, 0.29) is 11.3 Å². The number of rotatable bonds is 7. The summed E-state index contributed by atoms with van der Waals surface area (Å²) < 4.78 is 1.42. The molecular weight excluding hydrogens is 315 g/mol. The summed E-state index contributed by atoms with van der Waals surface area (Å²) in [6, 6.07) is 1.88. The van der Waals surface area contributed by atoms with E-state index in [0.717, 1.165) is 22.7 Å². The number of aryl methyl sites for hydroxylation is 1. The van der Waals surface area contributed by atoms with E-state index < -0.39 is 0 Å². The Balaban J connectivity index is 2.38. The second kappa shape index (κ2) is 7.64. The van der Waals surface area contributed by atoms with Crippen LogP contribution in [0.25, 0.3) is 0 Å². The number of carbonyl (C=O) groups is 1. The monoisotopic (exact) mass is 336 g/mol. The lowest BCUT2D eigenvalue weighted by Gasteiger charge is -2.29. The molecule has 1 rings (SSSR count). The molecule has 6 heteroatoms. The Labute approximate surface area is 135 Å². The van der Waals surface area contributed by atoms with Gasteiger partial charge in [0.05, 0.1) is 8.67 Å². The van der Waals surface area contributed by atoms with E-state index in [1.54, 1.807) is 4.90 Å². The Morgan fingerprint density at radius 1 is 1.45 bits per heavy atom. The van der Waals surface area contributed by atoms with Gasteiger partial charge in [0, 0.05) is 20.0 Å². The number of amides is 1. The smallest absolute Gasteiger partial charge is 0.222 e. The van der Waals surface area contributed by atoms with Crippen molar-refractivity contribution in [2.24, 2.45) is 11.1 Å². The minimum absolute atomic E-state index is 0.0470. The fourth-order valence-electron chi connectivity index (χ4n) is 1.96. The summed E-state index contributed by atoms with van der Waals surface area (Å²) in [7, 11) is 1.83. The van der Waals surface area contributed by atoms with E-state index in [0.29, 0.717) is 23.8 Å². The maximum Gasteiger partial charge on any atom is 0.222 e. The van der Waals surface area contributed by atoms with Crippen molar-refractivity contribution >= 4 is 40.4 Å². The molecule has 3 nitrogen and oxygen atoms in total. The summed E-state index contributed by atoms with van der Waals surface area (Å²) >= 11 is 13.3. The highest BCUT2D eigenvalue weighted by Crippen LogP contribution is 2.32. The van der Waals surface area contributed by atoms with E-state index in [1.807, 2.05) is 13.1 Å². The molecule has 20 heavy (non-hydrogen) atoms. The molecule has 0 atom stereocenters. The normalized spacial score (nSPS) is 11.7. The van der Waals surface area contributed by atoms with Gasteiger partial charge in [0.25, 0.3) is 0 Å². The lowest BCUT2D eigenvalue weighted by Crippen LogP contribution is -2.39. The van der Waals surface area contributed by atoms with Crippen molar-refractivity contribution < 1.29 is 4.79 Å². The summed E-state index contributed by atoms with van der Waals surface area (Å²) in [6.45, 7) is 5.36.